The lowest BCUT2D eigenvalue weighted by Gasteiger charge is -2.05. The second-order valence-electron chi connectivity index (χ2n) is 3.71. The Bertz CT molecular complexity index is 422. The molecule has 2 rings (SSSR count). The fraction of sp³-hybridized carbons (Fsp3) is 0.417. The van der Waals surface area contributed by atoms with Crippen LogP contribution in [0.25, 0.3) is 11.1 Å². The highest BCUT2D eigenvalue weighted by atomic mass is 35.5. The summed E-state index contributed by atoms with van der Waals surface area (Å²) < 4.78 is 5.52. The van der Waals surface area contributed by atoms with Crippen LogP contribution >= 0.6 is 11.6 Å². The number of benzene rings is 1. The number of hydrogen-bond donors (Lipinski definition) is 1. The van der Waals surface area contributed by atoms with E-state index in [-0.39, 0.29) is 5.38 Å². The molecule has 2 aromatic rings. The SMILES string of the molecule is CCC(Cl)CCNc1nc2ccccc2o1. The summed E-state index contributed by atoms with van der Waals surface area (Å²) in [5, 5.41) is 3.36. The lowest BCUT2D eigenvalue weighted by molar-refractivity contribution is 0.610. The number of anilines is 1. The maximum atomic E-state index is 6.02. The molecule has 1 aromatic carbocycles. The van der Waals surface area contributed by atoms with Gasteiger partial charge in [0.15, 0.2) is 5.58 Å². The van der Waals surface area contributed by atoms with Crippen LogP contribution in [0.5, 0.6) is 0 Å². The average Bonchev–Trinajstić information content (AvgIpc) is 2.71. The average molecular weight is 239 g/mol. The van der Waals surface area contributed by atoms with E-state index < -0.39 is 0 Å². The monoisotopic (exact) mass is 238 g/mol. The Labute approximate surface area is 99.8 Å². The van der Waals surface area contributed by atoms with Crippen molar-refractivity contribution in [1.82, 2.24) is 4.98 Å². The molecule has 0 fully saturated rings. The fourth-order valence-corrected chi connectivity index (χ4v) is 1.60. The zero-order valence-electron chi connectivity index (χ0n) is 9.24. The number of oxazole rings is 1. The molecule has 0 aliphatic heterocycles. The van der Waals surface area contributed by atoms with Crippen molar-refractivity contribution in [2.75, 3.05) is 11.9 Å². The molecule has 86 valence electrons. The molecule has 0 saturated heterocycles. The van der Waals surface area contributed by atoms with Crippen LogP contribution in [0, 0.1) is 0 Å². The van der Waals surface area contributed by atoms with Gasteiger partial charge in [-0.25, -0.2) is 0 Å². The summed E-state index contributed by atoms with van der Waals surface area (Å²) >= 11 is 6.02. The molecule has 0 spiro atoms. The van der Waals surface area contributed by atoms with Crippen LogP contribution < -0.4 is 5.32 Å². The topological polar surface area (TPSA) is 38.1 Å². The number of rotatable bonds is 5. The van der Waals surface area contributed by atoms with Gasteiger partial charge in [-0.3, -0.25) is 0 Å². The smallest absolute Gasteiger partial charge is 0.295 e. The van der Waals surface area contributed by atoms with Crippen LogP contribution in [0.4, 0.5) is 6.01 Å². The number of hydrogen-bond acceptors (Lipinski definition) is 3. The first-order valence-electron chi connectivity index (χ1n) is 5.53. The van der Waals surface area contributed by atoms with E-state index in [2.05, 4.69) is 17.2 Å². The van der Waals surface area contributed by atoms with Crippen molar-refractivity contribution in [3.8, 4) is 0 Å². The predicted octanol–water partition coefficient (Wildman–Crippen LogP) is 3.65. The van der Waals surface area contributed by atoms with Gasteiger partial charge in [-0.2, -0.15) is 4.98 Å². The van der Waals surface area contributed by atoms with E-state index in [0.29, 0.717) is 6.01 Å². The summed E-state index contributed by atoms with van der Waals surface area (Å²) in [4.78, 5) is 4.31. The Morgan fingerprint density at radius 3 is 3.00 bits per heavy atom. The molecule has 1 unspecified atom stereocenters. The van der Waals surface area contributed by atoms with E-state index in [9.17, 15) is 0 Å². The Hall–Kier alpha value is -1.22. The Kier molecular flexibility index (Phi) is 3.67. The lowest BCUT2D eigenvalue weighted by atomic mass is 10.2. The largest absolute Gasteiger partial charge is 0.424 e. The number of alkyl halides is 1. The standard InChI is InChI=1S/C12H15ClN2O/c1-2-9(13)7-8-14-12-15-10-5-3-4-6-11(10)16-12/h3-6,9H,2,7-8H2,1H3,(H,14,15). The van der Waals surface area contributed by atoms with Gasteiger partial charge in [0.1, 0.15) is 5.52 Å². The zero-order valence-corrected chi connectivity index (χ0v) is 10.00. The molecule has 0 aliphatic carbocycles. The quantitative estimate of drug-likeness (QED) is 0.808. The van der Waals surface area contributed by atoms with Crippen molar-refractivity contribution in [2.45, 2.75) is 25.1 Å². The third-order valence-corrected chi connectivity index (χ3v) is 3.00. The van der Waals surface area contributed by atoms with Gasteiger partial charge in [0, 0.05) is 11.9 Å². The summed E-state index contributed by atoms with van der Waals surface area (Å²) in [6.07, 6.45) is 1.90. The minimum Gasteiger partial charge on any atom is -0.424 e. The van der Waals surface area contributed by atoms with E-state index in [4.69, 9.17) is 16.0 Å². The third kappa shape index (κ3) is 2.67. The van der Waals surface area contributed by atoms with Gasteiger partial charge in [-0.1, -0.05) is 19.1 Å². The molecule has 0 saturated carbocycles. The molecule has 0 bridgehead atoms. The van der Waals surface area contributed by atoms with Crippen molar-refractivity contribution in [3.05, 3.63) is 24.3 Å². The summed E-state index contributed by atoms with van der Waals surface area (Å²) in [5.41, 5.74) is 1.69. The molecular weight excluding hydrogens is 224 g/mol. The maximum Gasteiger partial charge on any atom is 0.295 e. The van der Waals surface area contributed by atoms with E-state index in [1.54, 1.807) is 0 Å². The number of nitrogens with zero attached hydrogens (tertiary/aromatic N) is 1. The van der Waals surface area contributed by atoms with Crippen LogP contribution in [-0.2, 0) is 0 Å². The molecule has 3 nitrogen and oxygen atoms in total. The summed E-state index contributed by atoms with van der Waals surface area (Å²) in [6, 6.07) is 8.29. The number of para-hydroxylation sites is 2. The van der Waals surface area contributed by atoms with Crippen LogP contribution in [0.1, 0.15) is 19.8 Å². The highest BCUT2D eigenvalue weighted by Gasteiger charge is 2.05. The first-order valence-corrected chi connectivity index (χ1v) is 5.96. The fourth-order valence-electron chi connectivity index (χ4n) is 1.49. The molecule has 1 N–H and O–H groups in total. The van der Waals surface area contributed by atoms with Gasteiger partial charge < -0.3 is 9.73 Å². The van der Waals surface area contributed by atoms with E-state index >= 15 is 0 Å². The van der Waals surface area contributed by atoms with E-state index in [0.717, 1.165) is 30.5 Å². The van der Waals surface area contributed by atoms with Gasteiger partial charge >= 0.3 is 0 Å². The number of aromatic nitrogens is 1. The molecule has 1 atom stereocenters. The second-order valence-corrected chi connectivity index (χ2v) is 4.32. The highest BCUT2D eigenvalue weighted by Crippen LogP contribution is 2.18. The van der Waals surface area contributed by atoms with Crippen LogP contribution in [0.2, 0.25) is 0 Å². The van der Waals surface area contributed by atoms with Crippen LogP contribution in [0.15, 0.2) is 28.7 Å². The van der Waals surface area contributed by atoms with E-state index in [1.165, 1.54) is 0 Å². The van der Waals surface area contributed by atoms with Crippen molar-refractivity contribution < 1.29 is 4.42 Å². The first kappa shape index (κ1) is 11.3. The molecule has 0 aliphatic rings. The summed E-state index contributed by atoms with van der Waals surface area (Å²) in [5.74, 6) is 0. The molecule has 1 aromatic heterocycles. The molecule has 4 heteroatoms. The number of nitrogens with one attached hydrogen (secondary N) is 1. The normalized spacial score (nSPS) is 12.9. The number of fused-ring (bicyclic) bond motifs is 1. The van der Waals surface area contributed by atoms with E-state index in [1.807, 2.05) is 24.3 Å². The van der Waals surface area contributed by atoms with Gasteiger partial charge in [-0.05, 0) is 25.0 Å². The molecular formula is C12H15ClN2O. The van der Waals surface area contributed by atoms with Crippen LogP contribution in [0.3, 0.4) is 0 Å². The Balaban J connectivity index is 1.94. The molecule has 0 radical (unpaired) electrons. The highest BCUT2D eigenvalue weighted by molar-refractivity contribution is 6.20. The molecule has 16 heavy (non-hydrogen) atoms. The minimum atomic E-state index is 0.219. The summed E-state index contributed by atoms with van der Waals surface area (Å²) in [7, 11) is 0. The van der Waals surface area contributed by atoms with Crippen molar-refractivity contribution in [2.24, 2.45) is 0 Å². The lowest BCUT2D eigenvalue weighted by Crippen LogP contribution is -2.07. The number of halogens is 1. The van der Waals surface area contributed by atoms with Gasteiger partial charge in [0.05, 0.1) is 0 Å². The Morgan fingerprint density at radius 2 is 2.25 bits per heavy atom. The second kappa shape index (κ2) is 5.21. The third-order valence-electron chi connectivity index (χ3n) is 2.47. The molecule has 1 heterocycles. The van der Waals surface area contributed by atoms with Gasteiger partial charge in [0.25, 0.3) is 6.01 Å². The molecule has 0 amide bonds. The zero-order chi connectivity index (χ0) is 11.4. The first-order chi connectivity index (χ1) is 7.79. The Morgan fingerprint density at radius 1 is 1.44 bits per heavy atom. The maximum absolute atomic E-state index is 6.02. The van der Waals surface area contributed by atoms with Gasteiger partial charge in [0.2, 0.25) is 0 Å². The van der Waals surface area contributed by atoms with Crippen molar-refractivity contribution >= 4 is 28.7 Å². The van der Waals surface area contributed by atoms with Crippen molar-refractivity contribution in [3.63, 3.8) is 0 Å². The van der Waals surface area contributed by atoms with Gasteiger partial charge in [-0.15, -0.1) is 11.6 Å². The van der Waals surface area contributed by atoms with Crippen molar-refractivity contribution in [1.29, 1.82) is 0 Å². The minimum absolute atomic E-state index is 0.219. The predicted molar refractivity (Wildman–Crippen MR) is 67.0 cm³/mol. The van der Waals surface area contributed by atoms with Crippen LogP contribution in [-0.4, -0.2) is 16.9 Å². The summed E-state index contributed by atoms with van der Waals surface area (Å²) in [6.45, 7) is 2.87.